The summed E-state index contributed by atoms with van der Waals surface area (Å²) in [7, 11) is 0. The molecule has 0 spiro atoms. The summed E-state index contributed by atoms with van der Waals surface area (Å²) in [5.74, 6) is 1.21. The Hall–Kier alpha value is -2.29. The molecule has 0 heterocycles. The number of ether oxygens (including phenoxy) is 1. The van der Waals surface area contributed by atoms with Crippen LogP contribution in [0.25, 0.3) is 0 Å². The number of hydrogen-bond acceptors (Lipinski definition) is 3. The Balaban J connectivity index is 1.73. The van der Waals surface area contributed by atoms with E-state index in [0.29, 0.717) is 13.0 Å². The van der Waals surface area contributed by atoms with Crippen molar-refractivity contribution in [2.24, 2.45) is 0 Å². The number of Topliss-reactive ketones (excluding diaryl/α,β-unsaturated/α-hetero) is 1. The molecule has 0 unspecified atom stereocenters. The molecule has 0 aliphatic heterocycles. The quantitative estimate of drug-likeness (QED) is 0.915. The highest BCUT2D eigenvalue weighted by Gasteiger charge is 2.19. The van der Waals surface area contributed by atoms with Crippen molar-refractivity contribution in [3.8, 4) is 11.5 Å². The number of phenols is 1. The monoisotopic (exact) mass is 254 g/mol. The fourth-order valence-electron chi connectivity index (χ4n) is 2.33. The Morgan fingerprint density at radius 1 is 1.11 bits per heavy atom. The summed E-state index contributed by atoms with van der Waals surface area (Å²) in [5, 5.41) is 9.37. The lowest BCUT2D eigenvalue weighted by atomic mass is 10.1. The fourth-order valence-corrected chi connectivity index (χ4v) is 2.33. The van der Waals surface area contributed by atoms with E-state index in [0.717, 1.165) is 28.9 Å². The zero-order chi connectivity index (χ0) is 13.2. The van der Waals surface area contributed by atoms with Crippen LogP contribution in [-0.2, 0) is 13.0 Å². The van der Waals surface area contributed by atoms with E-state index in [1.165, 1.54) is 0 Å². The van der Waals surface area contributed by atoms with E-state index in [4.69, 9.17) is 4.74 Å². The lowest BCUT2D eigenvalue weighted by Gasteiger charge is -2.08. The molecule has 1 N–H and O–H groups in total. The Kier molecular flexibility index (Phi) is 2.95. The molecule has 3 rings (SSSR count). The number of aryl methyl sites for hydroxylation is 1. The SMILES string of the molecule is O=C1CCc2cc(OCc3cccc(O)c3)ccc21. The molecule has 19 heavy (non-hydrogen) atoms. The molecule has 0 saturated heterocycles. The first-order chi connectivity index (χ1) is 9.22. The van der Waals surface area contributed by atoms with E-state index >= 15 is 0 Å². The molecule has 3 heteroatoms. The van der Waals surface area contributed by atoms with Gasteiger partial charge in [0.2, 0.25) is 0 Å². The first-order valence-corrected chi connectivity index (χ1v) is 6.29. The first-order valence-electron chi connectivity index (χ1n) is 6.29. The number of phenolic OH excluding ortho intramolecular Hbond substituents is 1. The van der Waals surface area contributed by atoms with Gasteiger partial charge in [0.15, 0.2) is 5.78 Å². The van der Waals surface area contributed by atoms with Crippen molar-refractivity contribution in [3.63, 3.8) is 0 Å². The van der Waals surface area contributed by atoms with Crippen molar-refractivity contribution in [1.82, 2.24) is 0 Å². The van der Waals surface area contributed by atoms with Crippen LogP contribution in [0.2, 0.25) is 0 Å². The molecule has 3 nitrogen and oxygen atoms in total. The minimum atomic E-state index is 0.217. The highest BCUT2D eigenvalue weighted by molar-refractivity contribution is 6.00. The van der Waals surface area contributed by atoms with Gasteiger partial charge >= 0.3 is 0 Å². The minimum absolute atomic E-state index is 0.217. The van der Waals surface area contributed by atoms with Crippen molar-refractivity contribution in [2.75, 3.05) is 0 Å². The predicted octanol–water partition coefficient (Wildman–Crippen LogP) is 3.10. The van der Waals surface area contributed by atoms with E-state index in [-0.39, 0.29) is 11.5 Å². The summed E-state index contributed by atoms with van der Waals surface area (Å²) in [4.78, 5) is 11.5. The van der Waals surface area contributed by atoms with Crippen LogP contribution in [-0.4, -0.2) is 10.9 Å². The second-order valence-corrected chi connectivity index (χ2v) is 4.70. The topological polar surface area (TPSA) is 46.5 Å². The third-order valence-electron chi connectivity index (χ3n) is 3.31. The standard InChI is InChI=1S/C16H14O3/c17-13-3-1-2-11(8-13)10-19-14-5-6-15-12(9-14)4-7-16(15)18/h1-3,5-6,8-9,17H,4,7,10H2. The Labute approximate surface area is 111 Å². The molecule has 0 radical (unpaired) electrons. The number of rotatable bonds is 3. The Morgan fingerprint density at radius 2 is 2.00 bits per heavy atom. The van der Waals surface area contributed by atoms with Crippen molar-refractivity contribution in [3.05, 3.63) is 59.2 Å². The molecular formula is C16H14O3. The van der Waals surface area contributed by atoms with Gasteiger partial charge in [0.25, 0.3) is 0 Å². The lowest BCUT2D eigenvalue weighted by Crippen LogP contribution is -1.96. The van der Waals surface area contributed by atoms with E-state index in [2.05, 4.69) is 0 Å². The average Bonchev–Trinajstić information content (AvgIpc) is 2.78. The zero-order valence-corrected chi connectivity index (χ0v) is 10.4. The van der Waals surface area contributed by atoms with Gasteiger partial charge in [-0.3, -0.25) is 4.79 Å². The van der Waals surface area contributed by atoms with Crippen LogP contribution in [0.5, 0.6) is 11.5 Å². The van der Waals surface area contributed by atoms with Crippen molar-refractivity contribution >= 4 is 5.78 Å². The summed E-state index contributed by atoms with van der Waals surface area (Å²) in [6.45, 7) is 0.404. The molecule has 0 saturated carbocycles. The summed E-state index contributed by atoms with van der Waals surface area (Å²) in [6, 6.07) is 12.6. The van der Waals surface area contributed by atoms with Crippen molar-refractivity contribution in [1.29, 1.82) is 0 Å². The van der Waals surface area contributed by atoms with Gasteiger partial charge in [-0.25, -0.2) is 0 Å². The number of hydrogen-bond donors (Lipinski definition) is 1. The highest BCUT2D eigenvalue weighted by Crippen LogP contribution is 2.26. The number of carbonyl (C=O) groups is 1. The maximum atomic E-state index is 11.5. The molecule has 96 valence electrons. The van der Waals surface area contributed by atoms with Gasteiger partial charge < -0.3 is 9.84 Å². The highest BCUT2D eigenvalue weighted by atomic mass is 16.5. The second kappa shape index (κ2) is 4.76. The van der Waals surface area contributed by atoms with Gasteiger partial charge in [-0.15, -0.1) is 0 Å². The Morgan fingerprint density at radius 3 is 2.84 bits per heavy atom. The molecule has 0 bridgehead atoms. The summed E-state index contributed by atoms with van der Waals surface area (Å²) in [5.41, 5.74) is 2.81. The van der Waals surface area contributed by atoms with E-state index < -0.39 is 0 Å². The van der Waals surface area contributed by atoms with E-state index in [9.17, 15) is 9.90 Å². The van der Waals surface area contributed by atoms with Gasteiger partial charge in [-0.1, -0.05) is 12.1 Å². The van der Waals surface area contributed by atoms with E-state index in [1.54, 1.807) is 18.2 Å². The molecule has 0 fully saturated rings. The molecule has 1 aliphatic carbocycles. The number of benzene rings is 2. The molecule has 2 aromatic carbocycles. The summed E-state index contributed by atoms with van der Waals surface area (Å²) in [6.07, 6.45) is 1.41. The van der Waals surface area contributed by atoms with Gasteiger partial charge in [-0.2, -0.15) is 0 Å². The van der Waals surface area contributed by atoms with Crippen LogP contribution < -0.4 is 4.74 Å². The zero-order valence-electron chi connectivity index (χ0n) is 10.4. The third kappa shape index (κ3) is 2.45. The molecule has 2 aromatic rings. The van der Waals surface area contributed by atoms with Crippen LogP contribution in [0.3, 0.4) is 0 Å². The lowest BCUT2D eigenvalue weighted by molar-refractivity contribution is 0.0994. The first kappa shape index (κ1) is 11.8. The van der Waals surface area contributed by atoms with Gasteiger partial charge in [-0.05, 0) is 47.9 Å². The maximum absolute atomic E-state index is 11.5. The molecule has 0 atom stereocenters. The van der Waals surface area contributed by atoms with Gasteiger partial charge in [0.05, 0.1) is 0 Å². The van der Waals surface area contributed by atoms with Gasteiger partial charge in [0.1, 0.15) is 18.1 Å². The number of carbonyl (C=O) groups excluding carboxylic acids is 1. The smallest absolute Gasteiger partial charge is 0.163 e. The predicted molar refractivity (Wildman–Crippen MR) is 71.5 cm³/mol. The third-order valence-corrected chi connectivity index (χ3v) is 3.31. The van der Waals surface area contributed by atoms with Crippen LogP contribution in [0.15, 0.2) is 42.5 Å². The van der Waals surface area contributed by atoms with Crippen LogP contribution in [0.1, 0.15) is 27.9 Å². The van der Waals surface area contributed by atoms with Crippen molar-refractivity contribution in [2.45, 2.75) is 19.4 Å². The molecule has 1 aliphatic rings. The fraction of sp³-hybridized carbons (Fsp3) is 0.188. The normalized spacial score (nSPS) is 13.4. The average molecular weight is 254 g/mol. The summed E-state index contributed by atoms with van der Waals surface area (Å²) >= 11 is 0. The number of fused-ring (bicyclic) bond motifs is 1. The second-order valence-electron chi connectivity index (χ2n) is 4.70. The number of ketones is 1. The molecule has 0 amide bonds. The molecule has 0 aromatic heterocycles. The summed E-state index contributed by atoms with van der Waals surface area (Å²) < 4.78 is 5.69. The minimum Gasteiger partial charge on any atom is -0.508 e. The maximum Gasteiger partial charge on any atom is 0.163 e. The van der Waals surface area contributed by atoms with Crippen LogP contribution in [0.4, 0.5) is 0 Å². The van der Waals surface area contributed by atoms with Crippen molar-refractivity contribution < 1.29 is 14.6 Å². The van der Waals surface area contributed by atoms with Crippen LogP contribution >= 0.6 is 0 Å². The largest absolute Gasteiger partial charge is 0.508 e. The van der Waals surface area contributed by atoms with Crippen LogP contribution in [0, 0.1) is 0 Å². The Bertz CT molecular complexity index is 632. The number of aromatic hydroxyl groups is 1. The van der Waals surface area contributed by atoms with E-state index in [1.807, 2.05) is 24.3 Å². The van der Waals surface area contributed by atoms with Gasteiger partial charge in [0, 0.05) is 12.0 Å². The molecular weight excluding hydrogens is 240 g/mol.